The molecule has 162 valence electrons. The van der Waals surface area contributed by atoms with E-state index in [0.29, 0.717) is 23.1 Å². The molecular formula is C23H30N2O4S. The van der Waals surface area contributed by atoms with E-state index >= 15 is 0 Å². The summed E-state index contributed by atoms with van der Waals surface area (Å²) in [5.74, 6) is 1.67. The molecule has 2 amide bonds. The van der Waals surface area contributed by atoms with E-state index in [4.69, 9.17) is 9.47 Å². The maximum atomic E-state index is 13.0. The van der Waals surface area contributed by atoms with E-state index in [1.807, 2.05) is 12.1 Å². The van der Waals surface area contributed by atoms with Crippen molar-refractivity contribution in [2.45, 2.75) is 44.9 Å². The first kappa shape index (κ1) is 21.1. The average Bonchev–Trinajstić information content (AvgIpc) is 3.39. The third-order valence-corrected chi connectivity index (χ3v) is 7.21. The zero-order valence-corrected chi connectivity index (χ0v) is 18.6. The van der Waals surface area contributed by atoms with Crippen molar-refractivity contribution in [2.24, 2.45) is 5.92 Å². The number of thioether (sulfide) groups is 1. The van der Waals surface area contributed by atoms with Crippen molar-refractivity contribution in [1.82, 2.24) is 4.90 Å². The number of carbonyl (C=O) groups is 2. The van der Waals surface area contributed by atoms with Crippen LogP contribution in [0.15, 0.2) is 17.0 Å². The highest BCUT2D eigenvalue weighted by atomic mass is 32.2. The van der Waals surface area contributed by atoms with E-state index in [2.05, 4.69) is 4.90 Å². The summed E-state index contributed by atoms with van der Waals surface area (Å²) in [7, 11) is 3.28. The molecule has 0 N–H and O–H groups in total. The number of nitrogens with zero attached hydrogens (tertiary/aromatic N) is 2. The van der Waals surface area contributed by atoms with Crippen LogP contribution in [0.25, 0.3) is 6.08 Å². The lowest BCUT2D eigenvalue weighted by molar-refractivity contribution is -0.123. The number of benzene rings is 1. The van der Waals surface area contributed by atoms with Gasteiger partial charge in [-0.1, -0.05) is 19.3 Å². The standard InChI is InChI=1S/C23H30N2O4S/c1-28-19-14-18(24-10-6-7-11-24)20(29-2)12-17(19)13-21-22(26)25(23(27)30-21)15-16-8-4-3-5-9-16/h12-14,16H,3-11,15H2,1-2H3/b21-13+. The Morgan fingerprint density at radius 1 is 1.00 bits per heavy atom. The normalized spacial score (nSPS) is 21.7. The van der Waals surface area contributed by atoms with Crippen molar-refractivity contribution in [1.29, 1.82) is 0 Å². The summed E-state index contributed by atoms with van der Waals surface area (Å²) in [5, 5.41) is -0.170. The first-order valence-electron chi connectivity index (χ1n) is 10.9. The van der Waals surface area contributed by atoms with E-state index in [0.717, 1.165) is 54.7 Å². The quantitative estimate of drug-likeness (QED) is 0.597. The lowest BCUT2D eigenvalue weighted by Crippen LogP contribution is -2.34. The lowest BCUT2D eigenvalue weighted by Gasteiger charge is -2.25. The van der Waals surface area contributed by atoms with Crippen LogP contribution in [0.4, 0.5) is 10.5 Å². The average molecular weight is 431 g/mol. The van der Waals surface area contributed by atoms with E-state index < -0.39 is 0 Å². The Bertz CT molecular complexity index is 842. The maximum absolute atomic E-state index is 13.0. The second-order valence-corrected chi connectivity index (χ2v) is 9.25. The third kappa shape index (κ3) is 4.31. The zero-order valence-electron chi connectivity index (χ0n) is 17.8. The largest absolute Gasteiger partial charge is 0.496 e. The molecule has 1 saturated carbocycles. The van der Waals surface area contributed by atoms with Gasteiger partial charge in [0.1, 0.15) is 11.5 Å². The first-order valence-corrected chi connectivity index (χ1v) is 11.7. The van der Waals surface area contributed by atoms with Gasteiger partial charge in [-0.25, -0.2) is 0 Å². The molecule has 3 aliphatic rings. The van der Waals surface area contributed by atoms with Crippen molar-refractivity contribution >= 4 is 34.7 Å². The molecule has 0 aromatic heterocycles. The Kier molecular flexibility index (Phi) is 6.56. The highest BCUT2D eigenvalue weighted by Gasteiger charge is 2.36. The third-order valence-electron chi connectivity index (χ3n) is 6.30. The number of hydrogen-bond acceptors (Lipinski definition) is 6. The molecule has 7 heteroatoms. The zero-order chi connectivity index (χ0) is 21.1. The molecule has 2 saturated heterocycles. The molecule has 2 heterocycles. The van der Waals surface area contributed by atoms with E-state index in [9.17, 15) is 9.59 Å². The monoisotopic (exact) mass is 430 g/mol. The second kappa shape index (κ2) is 9.33. The van der Waals surface area contributed by atoms with Crippen molar-refractivity contribution in [3.63, 3.8) is 0 Å². The number of imide groups is 1. The molecular weight excluding hydrogens is 400 g/mol. The number of amides is 2. The van der Waals surface area contributed by atoms with Crippen molar-refractivity contribution in [2.75, 3.05) is 38.8 Å². The molecule has 2 aliphatic heterocycles. The molecule has 0 spiro atoms. The first-order chi connectivity index (χ1) is 14.6. The summed E-state index contributed by atoms with van der Waals surface area (Å²) in [6.45, 7) is 2.54. The number of carbonyl (C=O) groups excluding carboxylic acids is 2. The van der Waals surface area contributed by atoms with Gasteiger partial charge in [0.15, 0.2) is 0 Å². The molecule has 0 radical (unpaired) electrons. The van der Waals surface area contributed by atoms with Crippen LogP contribution in [0.1, 0.15) is 50.5 Å². The van der Waals surface area contributed by atoms with Crippen LogP contribution < -0.4 is 14.4 Å². The maximum Gasteiger partial charge on any atom is 0.293 e. The van der Waals surface area contributed by atoms with Crippen molar-refractivity contribution < 1.29 is 19.1 Å². The number of anilines is 1. The fourth-order valence-corrected chi connectivity index (χ4v) is 5.49. The van der Waals surface area contributed by atoms with Gasteiger partial charge in [-0.05, 0) is 55.5 Å². The molecule has 6 nitrogen and oxygen atoms in total. The Morgan fingerprint density at radius 2 is 1.70 bits per heavy atom. The predicted octanol–water partition coefficient (Wildman–Crippen LogP) is 4.92. The molecule has 30 heavy (non-hydrogen) atoms. The summed E-state index contributed by atoms with van der Waals surface area (Å²) in [6, 6.07) is 3.88. The van der Waals surface area contributed by atoms with Gasteiger partial charge in [0.05, 0.1) is 24.8 Å². The molecule has 0 unspecified atom stereocenters. The molecule has 1 aromatic rings. The Hall–Kier alpha value is -2.15. The fraction of sp³-hybridized carbons (Fsp3) is 0.565. The fourth-order valence-electron chi connectivity index (χ4n) is 4.65. The van der Waals surface area contributed by atoms with Gasteiger partial charge in [-0.3, -0.25) is 14.5 Å². The molecule has 0 atom stereocenters. The molecule has 4 rings (SSSR count). The Morgan fingerprint density at radius 3 is 2.37 bits per heavy atom. The summed E-state index contributed by atoms with van der Waals surface area (Å²) in [5.41, 5.74) is 1.76. The molecule has 1 aliphatic carbocycles. The van der Waals surface area contributed by atoms with Crippen LogP contribution in [-0.4, -0.2) is 49.9 Å². The predicted molar refractivity (Wildman–Crippen MR) is 120 cm³/mol. The van der Waals surface area contributed by atoms with Crippen LogP contribution in [0.2, 0.25) is 0 Å². The van der Waals surface area contributed by atoms with E-state index in [1.54, 1.807) is 20.3 Å². The lowest BCUT2D eigenvalue weighted by atomic mass is 9.89. The number of hydrogen-bond donors (Lipinski definition) is 0. The summed E-state index contributed by atoms with van der Waals surface area (Å²) < 4.78 is 11.3. The summed E-state index contributed by atoms with van der Waals surface area (Å²) in [4.78, 5) is 29.7. The van der Waals surface area contributed by atoms with E-state index in [1.165, 1.54) is 37.0 Å². The number of rotatable bonds is 6. The van der Waals surface area contributed by atoms with Gasteiger partial charge in [0.2, 0.25) is 0 Å². The van der Waals surface area contributed by atoms with Gasteiger partial charge >= 0.3 is 0 Å². The molecule has 3 fully saturated rings. The minimum Gasteiger partial charge on any atom is -0.496 e. The Labute approximate surface area is 182 Å². The molecule has 1 aromatic carbocycles. The van der Waals surface area contributed by atoms with Gasteiger partial charge in [0, 0.05) is 31.3 Å². The minimum absolute atomic E-state index is 0.170. The minimum atomic E-state index is -0.194. The van der Waals surface area contributed by atoms with Crippen molar-refractivity contribution in [3.05, 3.63) is 22.6 Å². The van der Waals surface area contributed by atoms with Crippen LogP contribution in [-0.2, 0) is 4.79 Å². The van der Waals surface area contributed by atoms with Gasteiger partial charge in [-0.15, -0.1) is 0 Å². The smallest absolute Gasteiger partial charge is 0.293 e. The summed E-state index contributed by atoms with van der Waals surface area (Å²) in [6.07, 6.45) is 9.94. The number of methoxy groups -OCH3 is 2. The van der Waals surface area contributed by atoms with Crippen LogP contribution in [0, 0.1) is 5.92 Å². The summed E-state index contributed by atoms with van der Waals surface area (Å²) >= 11 is 1.02. The molecule has 0 bridgehead atoms. The number of ether oxygens (including phenoxy) is 2. The second-order valence-electron chi connectivity index (χ2n) is 8.26. The SMILES string of the molecule is COc1cc(N2CCCC2)c(OC)cc1/C=C1/SC(=O)N(CC2CCCCC2)C1=O. The van der Waals surface area contributed by atoms with E-state index in [-0.39, 0.29) is 11.1 Å². The van der Waals surface area contributed by atoms with Crippen LogP contribution >= 0.6 is 11.8 Å². The topological polar surface area (TPSA) is 59.1 Å². The highest BCUT2D eigenvalue weighted by molar-refractivity contribution is 8.18. The van der Waals surface area contributed by atoms with Gasteiger partial charge in [0.25, 0.3) is 11.1 Å². The van der Waals surface area contributed by atoms with Gasteiger partial charge < -0.3 is 14.4 Å². The van der Waals surface area contributed by atoms with Crippen LogP contribution in [0.3, 0.4) is 0 Å². The van der Waals surface area contributed by atoms with Crippen molar-refractivity contribution in [3.8, 4) is 11.5 Å². The Balaban J connectivity index is 1.58. The highest BCUT2D eigenvalue weighted by Crippen LogP contribution is 2.40. The van der Waals surface area contributed by atoms with Crippen LogP contribution in [0.5, 0.6) is 11.5 Å². The van der Waals surface area contributed by atoms with Gasteiger partial charge in [-0.2, -0.15) is 0 Å².